The average Bonchev–Trinajstić information content (AvgIpc) is 3.19. The van der Waals surface area contributed by atoms with Gasteiger partial charge >= 0.3 is 0 Å². The van der Waals surface area contributed by atoms with Gasteiger partial charge in [0.2, 0.25) is 0 Å². The molecule has 7 heteroatoms. The number of aryl methyl sites for hydroxylation is 2. The van der Waals surface area contributed by atoms with Crippen LogP contribution in [0.1, 0.15) is 77.6 Å². The number of benzene rings is 1. The van der Waals surface area contributed by atoms with Gasteiger partial charge in [0.1, 0.15) is 17.1 Å². The van der Waals surface area contributed by atoms with Gasteiger partial charge < -0.3 is 19.5 Å². The molecule has 2 aliphatic rings. The van der Waals surface area contributed by atoms with Gasteiger partial charge in [0.15, 0.2) is 0 Å². The fourth-order valence-electron chi connectivity index (χ4n) is 5.01. The highest BCUT2D eigenvalue weighted by atomic mass is 16.5. The van der Waals surface area contributed by atoms with Crippen LogP contribution in [-0.2, 0) is 6.42 Å². The molecule has 172 valence electrons. The van der Waals surface area contributed by atoms with Crippen molar-refractivity contribution >= 4 is 11.8 Å². The van der Waals surface area contributed by atoms with Crippen LogP contribution >= 0.6 is 0 Å². The molecule has 1 spiro atoms. The molecule has 0 bridgehead atoms. The number of ether oxygens (including phenoxy) is 1. The lowest BCUT2D eigenvalue weighted by Gasteiger charge is -2.43. The Kier molecular flexibility index (Phi) is 6.82. The molecule has 0 saturated carbocycles. The van der Waals surface area contributed by atoms with E-state index in [9.17, 15) is 9.59 Å². The standard InChI is InChI=1S/C25H33N3O4/c1-3-20-22(18(2)32-27-20)24(30)28-14-9-13-25(17-28)12-7-4-8-15-31-21-11-6-5-10-19(21)23(29)26-16-25/h5-6,10-11H,3-4,7-9,12-17H2,1-2H3,(H,26,29). The SMILES string of the molecule is CCc1noc(C)c1C(=O)N1CCCC2(CCCCCOc3ccccc3C(=O)NC2)C1. The molecule has 1 saturated heterocycles. The third-order valence-electron chi connectivity index (χ3n) is 6.80. The molecule has 2 amide bonds. The molecule has 1 aromatic heterocycles. The summed E-state index contributed by atoms with van der Waals surface area (Å²) in [5, 5.41) is 7.22. The number of nitrogens with one attached hydrogen (secondary N) is 1. The summed E-state index contributed by atoms with van der Waals surface area (Å²) in [4.78, 5) is 28.3. The predicted octanol–water partition coefficient (Wildman–Crippen LogP) is 4.15. The van der Waals surface area contributed by atoms with Gasteiger partial charge in [-0.3, -0.25) is 9.59 Å². The first-order chi connectivity index (χ1) is 15.5. The zero-order chi connectivity index (χ0) is 22.6. The van der Waals surface area contributed by atoms with E-state index >= 15 is 0 Å². The second kappa shape index (κ2) is 9.76. The largest absolute Gasteiger partial charge is 0.493 e. The first kappa shape index (κ1) is 22.4. The molecule has 1 unspecified atom stereocenters. The van der Waals surface area contributed by atoms with Crippen molar-refractivity contribution in [2.75, 3.05) is 26.2 Å². The predicted molar refractivity (Wildman–Crippen MR) is 121 cm³/mol. The van der Waals surface area contributed by atoms with Crippen LogP contribution in [0.25, 0.3) is 0 Å². The highest BCUT2D eigenvalue weighted by Gasteiger charge is 2.38. The van der Waals surface area contributed by atoms with E-state index in [2.05, 4.69) is 10.5 Å². The van der Waals surface area contributed by atoms with Crippen LogP contribution in [0.4, 0.5) is 0 Å². The number of fused-ring (bicyclic) bond motifs is 1. The quantitative estimate of drug-likeness (QED) is 0.760. The maximum Gasteiger partial charge on any atom is 0.259 e. The summed E-state index contributed by atoms with van der Waals surface area (Å²) in [6.45, 7) is 6.29. The van der Waals surface area contributed by atoms with Crippen LogP contribution in [0.3, 0.4) is 0 Å². The highest BCUT2D eigenvalue weighted by molar-refractivity contribution is 5.97. The number of para-hydroxylation sites is 1. The van der Waals surface area contributed by atoms with E-state index in [-0.39, 0.29) is 17.2 Å². The number of hydrogen-bond donors (Lipinski definition) is 1. The topological polar surface area (TPSA) is 84.7 Å². The Balaban J connectivity index is 1.55. The van der Waals surface area contributed by atoms with Crippen LogP contribution in [0.15, 0.2) is 28.8 Å². The molecule has 4 rings (SSSR count). The molecule has 1 aromatic carbocycles. The molecule has 1 atom stereocenters. The molecular formula is C25H33N3O4. The van der Waals surface area contributed by atoms with Crippen molar-refractivity contribution in [2.24, 2.45) is 5.41 Å². The maximum absolute atomic E-state index is 13.4. The summed E-state index contributed by atoms with van der Waals surface area (Å²) < 4.78 is 11.2. The Labute approximate surface area is 189 Å². The Hall–Kier alpha value is -2.83. The number of likely N-dealkylation sites (tertiary alicyclic amines) is 1. The van der Waals surface area contributed by atoms with Gasteiger partial charge in [-0.15, -0.1) is 0 Å². The summed E-state index contributed by atoms with van der Waals surface area (Å²) in [6, 6.07) is 7.41. The molecule has 1 N–H and O–H groups in total. The molecular weight excluding hydrogens is 406 g/mol. The van der Waals surface area contributed by atoms with E-state index in [1.54, 1.807) is 13.0 Å². The minimum Gasteiger partial charge on any atom is -0.493 e. The Morgan fingerprint density at radius 3 is 2.84 bits per heavy atom. The molecule has 1 fully saturated rings. The summed E-state index contributed by atoms with van der Waals surface area (Å²) in [5.41, 5.74) is 1.76. The number of amides is 2. The monoisotopic (exact) mass is 439 g/mol. The van der Waals surface area contributed by atoms with Crippen molar-refractivity contribution in [1.82, 2.24) is 15.4 Å². The van der Waals surface area contributed by atoms with E-state index in [1.165, 1.54) is 0 Å². The number of aromatic nitrogens is 1. The minimum atomic E-state index is -0.129. The van der Waals surface area contributed by atoms with E-state index in [4.69, 9.17) is 9.26 Å². The molecule has 2 aromatic rings. The Morgan fingerprint density at radius 1 is 1.19 bits per heavy atom. The molecule has 0 radical (unpaired) electrons. The fourth-order valence-corrected chi connectivity index (χ4v) is 5.01. The number of hydrogen-bond acceptors (Lipinski definition) is 5. The van der Waals surface area contributed by atoms with Crippen molar-refractivity contribution in [3.8, 4) is 5.75 Å². The fraction of sp³-hybridized carbons (Fsp3) is 0.560. The summed E-state index contributed by atoms with van der Waals surface area (Å²) in [7, 11) is 0. The first-order valence-electron chi connectivity index (χ1n) is 11.8. The number of carbonyl (C=O) groups excluding carboxylic acids is 2. The van der Waals surface area contributed by atoms with E-state index < -0.39 is 0 Å². The normalized spacial score (nSPS) is 22.3. The number of carbonyl (C=O) groups is 2. The van der Waals surface area contributed by atoms with Gasteiger partial charge in [0.05, 0.1) is 17.9 Å². The third kappa shape index (κ3) is 4.66. The lowest BCUT2D eigenvalue weighted by atomic mass is 9.75. The van der Waals surface area contributed by atoms with Gasteiger partial charge in [0.25, 0.3) is 11.8 Å². The van der Waals surface area contributed by atoms with Crippen molar-refractivity contribution < 1.29 is 18.8 Å². The van der Waals surface area contributed by atoms with E-state index in [0.717, 1.165) is 50.8 Å². The molecule has 2 aliphatic heterocycles. The summed E-state index contributed by atoms with van der Waals surface area (Å²) in [6.07, 6.45) is 6.63. The van der Waals surface area contributed by atoms with Crippen LogP contribution in [-0.4, -0.2) is 48.1 Å². The van der Waals surface area contributed by atoms with Gasteiger partial charge in [-0.05, 0) is 51.2 Å². The summed E-state index contributed by atoms with van der Waals surface area (Å²) in [5.74, 6) is 1.09. The minimum absolute atomic E-state index is 0.00383. The lowest BCUT2D eigenvalue weighted by molar-refractivity contribution is 0.0466. The van der Waals surface area contributed by atoms with Crippen LogP contribution in [0, 0.1) is 12.3 Å². The second-order valence-electron chi connectivity index (χ2n) is 9.08. The van der Waals surface area contributed by atoms with Gasteiger partial charge in [0, 0.05) is 25.0 Å². The van der Waals surface area contributed by atoms with Crippen molar-refractivity contribution in [2.45, 2.75) is 58.8 Å². The zero-order valence-electron chi connectivity index (χ0n) is 19.1. The average molecular weight is 440 g/mol. The van der Waals surface area contributed by atoms with Crippen LogP contribution < -0.4 is 10.1 Å². The van der Waals surface area contributed by atoms with Crippen LogP contribution in [0.5, 0.6) is 5.75 Å². The third-order valence-corrected chi connectivity index (χ3v) is 6.80. The summed E-state index contributed by atoms with van der Waals surface area (Å²) >= 11 is 0. The molecule has 3 heterocycles. The second-order valence-corrected chi connectivity index (χ2v) is 9.08. The van der Waals surface area contributed by atoms with Crippen LogP contribution in [0.2, 0.25) is 0 Å². The Bertz CT molecular complexity index is 970. The van der Waals surface area contributed by atoms with Gasteiger partial charge in [-0.25, -0.2) is 0 Å². The maximum atomic E-state index is 13.4. The van der Waals surface area contributed by atoms with E-state index in [0.29, 0.717) is 48.8 Å². The van der Waals surface area contributed by atoms with Crippen molar-refractivity contribution in [1.29, 1.82) is 0 Å². The number of piperidine rings is 1. The van der Waals surface area contributed by atoms with Gasteiger partial charge in [-0.2, -0.15) is 0 Å². The Morgan fingerprint density at radius 2 is 2.00 bits per heavy atom. The lowest BCUT2D eigenvalue weighted by Crippen LogP contribution is -2.51. The van der Waals surface area contributed by atoms with Crippen molar-refractivity contribution in [3.63, 3.8) is 0 Å². The molecule has 32 heavy (non-hydrogen) atoms. The smallest absolute Gasteiger partial charge is 0.259 e. The molecule has 0 aliphatic carbocycles. The highest BCUT2D eigenvalue weighted by Crippen LogP contribution is 2.36. The number of nitrogens with zero attached hydrogens (tertiary/aromatic N) is 2. The zero-order valence-corrected chi connectivity index (χ0v) is 19.1. The number of rotatable bonds is 2. The van der Waals surface area contributed by atoms with E-state index in [1.807, 2.05) is 30.0 Å². The van der Waals surface area contributed by atoms with Gasteiger partial charge in [-0.1, -0.05) is 37.1 Å². The molecule has 7 nitrogen and oxygen atoms in total. The van der Waals surface area contributed by atoms with Crippen molar-refractivity contribution in [3.05, 3.63) is 46.8 Å². The first-order valence-corrected chi connectivity index (χ1v) is 11.8.